The van der Waals surface area contributed by atoms with E-state index in [2.05, 4.69) is 20.8 Å². The number of anilines is 2. The summed E-state index contributed by atoms with van der Waals surface area (Å²) < 4.78 is 29.3. The Labute approximate surface area is 176 Å². The van der Waals surface area contributed by atoms with Crippen LogP contribution < -0.4 is 10.6 Å². The van der Waals surface area contributed by atoms with Crippen LogP contribution in [0.25, 0.3) is 0 Å². The molecule has 1 saturated carbocycles. The van der Waals surface area contributed by atoms with Crippen molar-refractivity contribution in [2.75, 3.05) is 5.32 Å². The zero-order valence-electron chi connectivity index (χ0n) is 17.5. The summed E-state index contributed by atoms with van der Waals surface area (Å²) in [5.41, 5.74) is 4.60. The van der Waals surface area contributed by atoms with Gasteiger partial charge in [-0.15, -0.1) is 0 Å². The average Bonchev–Trinajstić information content (AvgIpc) is 3.32. The van der Waals surface area contributed by atoms with Gasteiger partial charge in [-0.05, 0) is 62.8 Å². The molecule has 2 heterocycles. The van der Waals surface area contributed by atoms with E-state index in [9.17, 15) is 13.2 Å². The van der Waals surface area contributed by atoms with Gasteiger partial charge in [0.15, 0.2) is 15.7 Å². The smallest absolute Gasteiger partial charge is 0.407 e. The lowest BCUT2D eigenvalue weighted by Crippen LogP contribution is -2.33. The highest BCUT2D eigenvalue weighted by atomic mass is 32.2. The summed E-state index contributed by atoms with van der Waals surface area (Å²) in [6, 6.07) is 5.89. The van der Waals surface area contributed by atoms with Crippen LogP contribution in [0.5, 0.6) is 0 Å². The van der Waals surface area contributed by atoms with Crippen LogP contribution in [-0.2, 0) is 26.1 Å². The van der Waals surface area contributed by atoms with Crippen LogP contribution >= 0.6 is 0 Å². The van der Waals surface area contributed by atoms with Crippen LogP contribution in [0.3, 0.4) is 0 Å². The lowest BCUT2D eigenvalue weighted by atomic mass is 10.0. The molecule has 1 fully saturated rings. The zero-order valence-corrected chi connectivity index (χ0v) is 18.3. The molecule has 2 aromatic rings. The summed E-state index contributed by atoms with van der Waals surface area (Å²) in [5.74, 6) is 1.17. The van der Waals surface area contributed by atoms with E-state index in [0.717, 1.165) is 47.3 Å². The second-order valence-electron chi connectivity index (χ2n) is 8.64. The fraction of sp³-hybridized carbons (Fsp3) is 0.524. The second kappa shape index (κ2) is 7.94. The molecule has 0 bridgehead atoms. The van der Waals surface area contributed by atoms with Gasteiger partial charge in [0, 0.05) is 29.4 Å². The molecular weight excluding hydrogens is 404 g/mol. The number of fused-ring (bicyclic) bond motifs is 1. The van der Waals surface area contributed by atoms with Crippen molar-refractivity contribution in [3.8, 4) is 0 Å². The Morgan fingerprint density at radius 1 is 1.20 bits per heavy atom. The minimum Gasteiger partial charge on any atom is -0.446 e. The molecule has 1 aromatic heterocycles. The van der Waals surface area contributed by atoms with Crippen LogP contribution in [0.15, 0.2) is 18.2 Å². The first-order valence-electron chi connectivity index (χ1n) is 10.3. The largest absolute Gasteiger partial charge is 0.446 e. The number of nitrogens with zero attached hydrogens (tertiary/aromatic N) is 1. The number of rotatable bonds is 5. The Bertz CT molecular complexity index is 1060. The predicted molar refractivity (Wildman–Crippen MR) is 115 cm³/mol. The fourth-order valence-electron chi connectivity index (χ4n) is 4.24. The number of amides is 1. The summed E-state index contributed by atoms with van der Waals surface area (Å²) in [5, 5.41) is 13.5. The minimum atomic E-state index is -3.03. The topological polar surface area (TPSA) is 113 Å². The van der Waals surface area contributed by atoms with Crippen LogP contribution in [0.1, 0.15) is 61.4 Å². The number of H-pyrrole nitrogens is 1. The molecule has 4 rings (SSSR count). The molecule has 0 spiro atoms. The zero-order chi connectivity index (χ0) is 21.5. The Balaban J connectivity index is 1.39. The van der Waals surface area contributed by atoms with Crippen molar-refractivity contribution in [1.82, 2.24) is 15.5 Å². The predicted octanol–water partition coefficient (Wildman–Crippen LogP) is 3.66. The Morgan fingerprint density at radius 2 is 1.93 bits per heavy atom. The quantitative estimate of drug-likeness (QED) is 0.664. The molecule has 1 aliphatic carbocycles. The van der Waals surface area contributed by atoms with Crippen molar-refractivity contribution in [2.24, 2.45) is 0 Å². The molecule has 0 saturated heterocycles. The van der Waals surface area contributed by atoms with E-state index in [1.165, 1.54) is 0 Å². The first kappa shape index (κ1) is 20.7. The molecule has 9 heteroatoms. The molecule has 1 amide bonds. The number of hydrogen-bond donors (Lipinski definition) is 3. The summed E-state index contributed by atoms with van der Waals surface area (Å²) in [4.78, 5) is 11.8. The van der Waals surface area contributed by atoms with Crippen LogP contribution in [-0.4, -0.2) is 36.9 Å². The highest BCUT2D eigenvalue weighted by Crippen LogP contribution is 2.37. The highest BCUT2D eigenvalue weighted by Gasteiger charge is 2.30. The summed E-state index contributed by atoms with van der Waals surface area (Å²) in [6.07, 6.45) is 2.07. The van der Waals surface area contributed by atoms with Crippen LogP contribution in [0.4, 0.5) is 16.3 Å². The van der Waals surface area contributed by atoms with Crippen LogP contribution in [0, 0.1) is 6.92 Å². The van der Waals surface area contributed by atoms with Gasteiger partial charge in [-0.2, -0.15) is 5.10 Å². The minimum absolute atomic E-state index is 0.0544. The van der Waals surface area contributed by atoms with E-state index in [1.54, 1.807) is 0 Å². The Morgan fingerprint density at radius 3 is 2.67 bits per heavy atom. The number of aromatic amines is 1. The molecule has 2 atom stereocenters. The van der Waals surface area contributed by atoms with E-state index in [0.29, 0.717) is 5.82 Å². The van der Waals surface area contributed by atoms with Gasteiger partial charge in [0.1, 0.15) is 6.10 Å². The van der Waals surface area contributed by atoms with Gasteiger partial charge >= 0.3 is 6.09 Å². The summed E-state index contributed by atoms with van der Waals surface area (Å²) in [7, 11) is -3.03. The highest BCUT2D eigenvalue weighted by molar-refractivity contribution is 7.90. The summed E-state index contributed by atoms with van der Waals surface area (Å²) >= 11 is 0. The van der Waals surface area contributed by atoms with Gasteiger partial charge < -0.3 is 15.4 Å². The maximum atomic E-state index is 11.9. The third-order valence-corrected chi connectivity index (χ3v) is 7.16. The molecular formula is C21H28N4O4S. The van der Waals surface area contributed by atoms with Gasteiger partial charge in [0.05, 0.1) is 11.5 Å². The van der Waals surface area contributed by atoms with Crippen molar-refractivity contribution in [3.05, 3.63) is 40.6 Å². The van der Waals surface area contributed by atoms with E-state index in [-0.39, 0.29) is 35.7 Å². The van der Waals surface area contributed by atoms with Gasteiger partial charge in [-0.3, -0.25) is 5.10 Å². The fourth-order valence-corrected chi connectivity index (χ4v) is 5.83. The number of hydrogen-bond acceptors (Lipinski definition) is 6. The number of aromatic nitrogens is 2. The van der Waals surface area contributed by atoms with E-state index >= 15 is 0 Å². The van der Waals surface area contributed by atoms with Gasteiger partial charge in [-0.1, -0.05) is 6.07 Å². The Hall–Kier alpha value is -2.55. The number of sulfone groups is 1. The van der Waals surface area contributed by atoms with Crippen molar-refractivity contribution in [2.45, 2.75) is 69.6 Å². The maximum absolute atomic E-state index is 11.9. The SMILES string of the molecule is Cc1cc2c(cc1Nc1cc([C@@H]3CC[C@H](OC(=O)NC(C)C)C3)[nH]n1)CS(=O)(=O)C2. The third-order valence-electron chi connectivity index (χ3n) is 5.66. The van der Waals surface area contributed by atoms with Crippen molar-refractivity contribution in [3.63, 3.8) is 0 Å². The van der Waals surface area contributed by atoms with Crippen molar-refractivity contribution in [1.29, 1.82) is 0 Å². The number of nitrogens with one attached hydrogen (secondary N) is 3. The van der Waals surface area contributed by atoms with Gasteiger partial charge in [0.25, 0.3) is 0 Å². The van der Waals surface area contributed by atoms with E-state index in [1.807, 2.05) is 39.0 Å². The van der Waals surface area contributed by atoms with E-state index < -0.39 is 9.84 Å². The lowest BCUT2D eigenvalue weighted by Gasteiger charge is -2.14. The standard InChI is InChI=1S/C21H28N4O4S/c1-12(2)22-21(26)29-17-5-4-14(7-17)19-9-20(25-24-19)23-18-8-16-11-30(27,28)10-15(16)6-13(18)3/h6,8-9,12,14,17H,4-5,7,10-11H2,1-3H3,(H,22,26)(H2,23,24,25)/t14-,17+/m1/s1. The Kier molecular flexibility index (Phi) is 5.48. The molecule has 2 aliphatic rings. The first-order chi connectivity index (χ1) is 14.2. The first-order valence-corrected chi connectivity index (χ1v) is 12.1. The monoisotopic (exact) mass is 432 g/mol. The van der Waals surface area contributed by atoms with Crippen molar-refractivity contribution < 1.29 is 17.9 Å². The summed E-state index contributed by atoms with van der Waals surface area (Å²) in [6.45, 7) is 5.77. The number of alkyl carbamates (subject to hydrolysis) is 1. The van der Waals surface area contributed by atoms with Gasteiger partial charge in [-0.25, -0.2) is 13.2 Å². The number of ether oxygens (including phenoxy) is 1. The third kappa shape index (κ3) is 4.61. The second-order valence-corrected chi connectivity index (χ2v) is 10.7. The molecule has 1 aliphatic heterocycles. The van der Waals surface area contributed by atoms with Gasteiger partial charge in [0.2, 0.25) is 0 Å². The number of carbonyl (C=O) groups is 1. The number of carbonyl (C=O) groups excluding carboxylic acids is 1. The number of benzene rings is 1. The molecule has 0 radical (unpaired) electrons. The maximum Gasteiger partial charge on any atom is 0.407 e. The average molecular weight is 433 g/mol. The molecule has 3 N–H and O–H groups in total. The lowest BCUT2D eigenvalue weighted by molar-refractivity contribution is 0.0981. The van der Waals surface area contributed by atoms with E-state index in [4.69, 9.17) is 4.74 Å². The van der Waals surface area contributed by atoms with Crippen LogP contribution in [0.2, 0.25) is 0 Å². The molecule has 0 unspecified atom stereocenters. The molecule has 1 aromatic carbocycles. The number of aryl methyl sites for hydroxylation is 1. The molecule has 162 valence electrons. The molecule has 8 nitrogen and oxygen atoms in total. The van der Waals surface area contributed by atoms with Crippen molar-refractivity contribution >= 4 is 27.4 Å². The molecule has 30 heavy (non-hydrogen) atoms. The normalized spacial score (nSPS) is 22.1.